The van der Waals surface area contributed by atoms with Gasteiger partial charge in [-0.3, -0.25) is 0 Å². The number of nitrogen functional groups attached to an aromatic ring is 1. The second-order valence-corrected chi connectivity index (χ2v) is 7.50. The zero-order valence-corrected chi connectivity index (χ0v) is 15.9. The predicted octanol–water partition coefficient (Wildman–Crippen LogP) is 4.15. The third kappa shape index (κ3) is 2.81. The summed E-state index contributed by atoms with van der Waals surface area (Å²) in [6.45, 7) is 2.13. The molecule has 2 heterocycles. The molecule has 0 bridgehead atoms. The Bertz CT molecular complexity index is 1230. The van der Waals surface area contributed by atoms with E-state index in [0.717, 1.165) is 25.3 Å². The van der Waals surface area contributed by atoms with Crippen molar-refractivity contribution in [2.24, 2.45) is 0 Å². The van der Waals surface area contributed by atoms with Gasteiger partial charge >= 0.3 is 0 Å². The highest BCUT2D eigenvalue weighted by molar-refractivity contribution is 5.98. The van der Waals surface area contributed by atoms with E-state index in [2.05, 4.69) is 35.1 Å². The molecule has 4 aromatic rings. The predicted molar refractivity (Wildman–Crippen MR) is 109 cm³/mol. The van der Waals surface area contributed by atoms with Crippen LogP contribution in [0.5, 0.6) is 5.75 Å². The van der Waals surface area contributed by atoms with Crippen LogP contribution in [0, 0.1) is 12.7 Å². The molecule has 0 saturated carbocycles. The van der Waals surface area contributed by atoms with Gasteiger partial charge in [0.15, 0.2) is 5.65 Å². The fourth-order valence-electron chi connectivity index (χ4n) is 4.39. The third-order valence-electron chi connectivity index (χ3n) is 5.68. The van der Waals surface area contributed by atoms with Crippen LogP contribution in [0.2, 0.25) is 0 Å². The van der Waals surface area contributed by atoms with Crippen LogP contribution in [0.3, 0.4) is 0 Å². The summed E-state index contributed by atoms with van der Waals surface area (Å²) < 4.78 is 15.8. The molecule has 146 valence electrons. The summed E-state index contributed by atoms with van der Waals surface area (Å²) in [6, 6.07) is 10.2. The number of rotatable bonds is 2. The number of benzene rings is 2. The Labute approximate surface area is 166 Å². The van der Waals surface area contributed by atoms with E-state index < -0.39 is 5.82 Å². The lowest BCUT2D eigenvalue weighted by molar-refractivity contribution is 0.459. The number of phenols is 1. The quantitative estimate of drug-likeness (QED) is 0.537. The van der Waals surface area contributed by atoms with E-state index in [1.54, 1.807) is 0 Å². The largest absolute Gasteiger partial charge is 0.508 e. The summed E-state index contributed by atoms with van der Waals surface area (Å²) in [4.78, 5) is 8.57. The van der Waals surface area contributed by atoms with Crippen molar-refractivity contribution in [1.82, 2.24) is 19.7 Å². The standard InChI is InChI=1S/C22H20FN5O/c1-12-4-2-6-17-16(12)5-3-7-18(17)28-22-19(21(24)25-11-26-22)20(27-28)13-8-14(23)10-15(29)9-13/h2,4,6,8-11,18,29H,3,5,7H2,1H3,(H2,24,25,26). The van der Waals surface area contributed by atoms with E-state index in [-0.39, 0.29) is 17.6 Å². The number of anilines is 1. The minimum absolute atomic E-state index is 0.00589. The average Bonchev–Trinajstić information content (AvgIpc) is 3.08. The van der Waals surface area contributed by atoms with Crippen molar-refractivity contribution in [3.8, 4) is 17.0 Å². The number of hydrogen-bond donors (Lipinski definition) is 2. The maximum absolute atomic E-state index is 14.0. The number of aromatic hydroxyl groups is 1. The Kier molecular flexibility index (Phi) is 3.97. The van der Waals surface area contributed by atoms with Crippen LogP contribution in [-0.4, -0.2) is 24.9 Å². The van der Waals surface area contributed by atoms with E-state index in [9.17, 15) is 9.50 Å². The van der Waals surface area contributed by atoms with Gasteiger partial charge in [0.05, 0.1) is 11.4 Å². The van der Waals surface area contributed by atoms with Gasteiger partial charge in [0.2, 0.25) is 0 Å². The number of aromatic nitrogens is 4. The van der Waals surface area contributed by atoms with Gasteiger partial charge in [-0.15, -0.1) is 0 Å². The van der Waals surface area contributed by atoms with Gasteiger partial charge in [0.1, 0.15) is 29.4 Å². The van der Waals surface area contributed by atoms with Gasteiger partial charge in [-0.2, -0.15) is 5.10 Å². The summed E-state index contributed by atoms with van der Waals surface area (Å²) in [7, 11) is 0. The molecule has 2 aromatic heterocycles. The summed E-state index contributed by atoms with van der Waals surface area (Å²) in [5, 5.41) is 15.3. The second-order valence-electron chi connectivity index (χ2n) is 7.50. The van der Waals surface area contributed by atoms with E-state index in [4.69, 9.17) is 10.8 Å². The smallest absolute Gasteiger partial charge is 0.164 e. The Morgan fingerprint density at radius 2 is 2.07 bits per heavy atom. The van der Waals surface area contributed by atoms with Gasteiger partial charge in [-0.05, 0) is 55.0 Å². The SMILES string of the molecule is Cc1cccc2c1CCCC2n1nc(-c2cc(O)cc(F)c2)c2c(N)ncnc21. The summed E-state index contributed by atoms with van der Waals surface area (Å²) in [5.41, 5.74) is 11.5. The molecule has 1 atom stereocenters. The van der Waals surface area contributed by atoms with Crippen LogP contribution in [0.1, 0.15) is 35.6 Å². The normalized spacial score (nSPS) is 16.1. The van der Waals surface area contributed by atoms with Gasteiger partial charge in [-0.25, -0.2) is 19.0 Å². The lowest BCUT2D eigenvalue weighted by atomic mass is 9.85. The molecule has 6 nitrogen and oxygen atoms in total. The highest BCUT2D eigenvalue weighted by Crippen LogP contribution is 2.39. The Morgan fingerprint density at radius 1 is 1.21 bits per heavy atom. The molecule has 0 fully saturated rings. The Morgan fingerprint density at radius 3 is 2.90 bits per heavy atom. The topological polar surface area (TPSA) is 89.8 Å². The monoisotopic (exact) mass is 389 g/mol. The highest BCUT2D eigenvalue weighted by Gasteiger charge is 2.28. The van der Waals surface area contributed by atoms with Crippen molar-refractivity contribution in [2.75, 3.05) is 5.73 Å². The Balaban J connectivity index is 1.78. The van der Waals surface area contributed by atoms with Gasteiger partial charge < -0.3 is 10.8 Å². The van der Waals surface area contributed by atoms with Crippen LogP contribution in [0.4, 0.5) is 10.2 Å². The molecule has 0 radical (unpaired) electrons. The van der Waals surface area contributed by atoms with E-state index >= 15 is 0 Å². The molecular formula is C22H20FN5O. The molecule has 2 aromatic carbocycles. The molecule has 0 spiro atoms. The molecule has 1 aliphatic rings. The van der Waals surface area contributed by atoms with Crippen LogP contribution in [0.25, 0.3) is 22.3 Å². The number of nitrogens with zero attached hydrogens (tertiary/aromatic N) is 4. The lowest BCUT2D eigenvalue weighted by Crippen LogP contribution is -2.19. The van der Waals surface area contributed by atoms with Crippen LogP contribution in [-0.2, 0) is 6.42 Å². The summed E-state index contributed by atoms with van der Waals surface area (Å²) in [6.07, 6.45) is 4.42. The molecule has 1 aliphatic carbocycles. The molecule has 29 heavy (non-hydrogen) atoms. The van der Waals surface area contributed by atoms with Gasteiger partial charge in [0, 0.05) is 11.6 Å². The van der Waals surface area contributed by atoms with E-state index in [0.29, 0.717) is 22.3 Å². The fourth-order valence-corrected chi connectivity index (χ4v) is 4.39. The lowest BCUT2D eigenvalue weighted by Gasteiger charge is -2.27. The maximum Gasteiger partial charge on any atom is 0.164 e. The number of phenolic OH excluding ortho intramolecular Hbond substituents is 1. The van der Waals surface area contributed by atoms with Crippen LogP contribution in [0.15, 0.2) is 42.7 Å². The summed E-state index contributed by atoms with van der Waals surface area (Å²) >= 11 is 0. The first-order chi connectivity index (χ1) is 14.0. The number of aryl methyl sites for hydroxylation is 1. The minimum Gasteiger partial charge on any atom is -0.508 e. The van der Waals surface area contributed by atoms with Crippen molar-refractivity contribution in [1.29, 1.82) is 0 Å². The third-order valence-corrected chi connectivity index (χ3v) is 5.68. The molecule has 7 heteroatoms. The minimum atomic E-state index is -0.545. The van der Waals surface area contributed by atoms with Crippen molar-refractivity contribution in [3.05, 3.63) is 65.2 Å². The Hall–Kier alpha value is -3.48. The second kappa shape index (κ2) is 6.55. The molecular weight excluding hydrogens is 369 g/mol. The zero-order chi connectivity index (χ0) is 20.1. The zero-order valence-electron chi connectivity index (χ0n) is 15.9. The van der Waals surface area contributed by atoms with Crippen molar-refractivity contribution in [2.45, 2.75) is 32.2 Å². The molecule has 0 aliphatic heterocycles. The first-order valence-electron chi connectivity index (χ1n) is 9.60. The number of nitrogens with two attached hydrogens (primary N) is 1. The van der Waals surface area contributed by atoms with Crippen LogP contribution >= 0.6 is 0 Å². The van der Waals surface area contributed by atoms with E-state index in [1.807, 2.05) is 4.68 Å². The molecule has 5 rings (SSSR count). The number of halogens is 1. The van der Waals surface area contributed by atoms with Gasteiger partial charge in [-0.1, -0.05) is 18.2 Å². The average molecular weight is 389 g/mol. The number of fused-ring (bicyclic) bond motifs is 2. The molecule has 0 amide bonds. The first-order valence-corrected chi connectivity index (χ1v) is 9.60. The van der Waals surface area contributed by atoms with Crippen molar-refractivity contribution >= 4 is 16.9 Å². The maximum atomic E-state index is 14.0. The van der Waals surface area contributed by atoms with Crippen LogP contribution < -0.4 is 5.73 Å². The van der Waals surface area contributed by atoms with Crippen molar-refractivity contribution < 1.29 is 9.50 Å². The summed E-state index contributed by atoms with van der Waals surface area (Å²) in [5.74, 6) is -0.436. The van der Waals surface area contributed by atoms with Crippen molar-refractivity contribution in [3.63, 3.8) is 0 Å². The first kappa shape index (κ1) is 17.6. The van der Waals surface area contributed by atoms with Gasteiger partial charge in [0.25, 0.3) is 0 Å². The molecule has 3 N–H and O–H groups in total. The highest BCUT2D eigenvalue weighted by atomic mass is 19.1. The fraction of sp³-hybridized carbons (Fsp3) is 0.227. The number of hydrogen-bond acceptors (Lipinski definition) is 5. The molecule has 1 unspecified atom stereocenters. The van der Waals surface area contributed by atoms with E-state index in [1.165, 1.54) is 35.2 Å². The molecule has 0 saturated heterocycles.